The number of phenolic OH excluding ortho intramolecular Hbond substituents is 1. The number of nitrogens with zero attached hydrogens (tertiary/aromatic N) is 2. The number of ether oxygens (including phenoxy) is 2. The lowest BCUT2D eigenvalue weighted by Crippen LogP contribution is -2.31. The van der Waals surface area contributed by atoms with Gasteiger partial charge in [-0.05, 0) is 36.8 Å². The molecule has 1 heterocycles. The normalized spacial score (nSPS) is 18.4. The monoisotopic (exact) mass is 414 g/mol. The van der Waals surface area contributed by atoms with Crippen LogP contribution in [0.5, 0.6) is 11.5 Å². The summed E-state index contributed by atoms with van der Waals surface area (Å²) in [7, 11) is 1.33. The average Bonchev–Trinajstić information content (AvgIpc) is 2.99. The Morgan fingerprint density at radius 3 is 2.43 bits per heavy atom. The Hall–Kier alpha value is -3.95. The number of anilines is 1. The van der Waals surface area contributed by atoms with Gasteiger partial charge in [0.1, 0.15) is 5.92 Å². The lowest BCUT2D eigenvalue weighted by molar-refractivity contribution is -0.384. The summed E-state index contributed by atoms with van der Waals surface area (Å²) in [6.07, 6.45) is 0. The van der Waals surface area contributed by atoms with Gasteiger partial charge in [0.2, 0.25) is 5.78 Å². The molecule has 1 fully saturated rings. The number of non-ortho nitro benzene ring substituents is 1. The molecular formula is C20H18N2O8. The number of hydrogen-bond acceptors (Lipinski definition) is 8. The lowest BCUT2D eigenvalue weighted by atomic mass is 9.92. The van der Waals surface area contributed by atoms with Crippen LogP contribution >= 0.6 is 0 Å². The van der Waals surface area contributed by atoms with Crippen molar-refractivity contribution in [2.75, 3.05) is 18.6 Å². The van der Waals surface area contributed by atoms with Crippen LogP contribution in [0.1, 0.15) is 18.5 Å². The fourth-order valence-corrected chi connectivity index (χ4v) is 3.37. The fraction of sp³-hybridized carbons (Fsp3) is 0.250. The minimum Gasteiger partial charge on any atom is -0.504 e. The average molecular weight is 414 g/mol. The van der Waals surface area contributed by atoms with Crippen molar-refractivity contribution < 1.29 is 33.9 Å². The molecule has 156 valence electrons. The summed E-state index contributed by atoms with van der Waals surface area (Å²) in [5.74, 6) is -4.28. The number of methoxy groups -OCH3 is 1. The van der Waals surface area contributed by atoms with E-state index < -0.39 is 34.5 Å². The van der Waals surface area contributed by atoms with Gasteiger partial charge in [-0.3, -0.25) is 29.4 Å². The predicted molar refractivity (Wildman–Crippen MR) is 103 cm³/mol. The van der Waals surface area contributed by atoms with Crippen LogP contribution in [0.2, 0.25) is 0 Å². The smallest absolute Gasteiger partial charge is 0.319 e. The zero-order chi connectivity index (χ0) is 22.0. The van der Waals surface area contributed by atoms with Crippen LogP contribution in [0.4, 0.5) is 11.4 Å². The van der Waals surface area contributed by atoms with Crippen LogP contribution in [-0.2, 0) is 19.1 Å². The second kappa shape index (κ2) is 8.19. The van der Waals surface area contributed by atoms with Crippen LogP contribution < -0.4 is 9.64 Å². The van der Waals surface area contributed by atoms with E-state index >= 15 is 0 Å². The molecule has 1 N–H and O–H groups in total. The van der Waals surface area contributed by atoms with Crippen molar-refractivity contribution in [3.63, 3.8) is 0 Å². The molecule has 1 aliphatic heterocycles. The van der Waals surface area contributed by atoms with Gasteiger partial charge in [0.15, 0.2) is 11.5 Å². The maximum atomic E-state index is 12.8. The minimum atomic E-state index is -1.44. The van der Waals surface area contributed by atoms with E-state index in [9.17, 15) is 29.6 Å². The number of carbonyl (C=O) groups is 3. The van der Waals surface area contributed by atoms with Crippen molar-refractivity contribution in [2.45, 2.75) is 13.0 Å². The SMILES string of the molecule is CCOC(=O)[C@@H]1C(=O)C(=O)N(c2ccc([N+](=O)[O-])cc2)[C@@H]1c1ccc(O)c(OC)c1. The highest BCUT2D eigenvalue weighted by atomic mass is 16.6. The molecule has 10 heteroatoms. The number of rotatable bonds is 6. The van der Waals surface area contributed by atoms with E-state index in [4.69, 9.17) is 9.47 Å². The minimum absolute atomic E-state index is 0.0138. The Labute approximate surface area is 170 Å². The summed E-state index contributed by atoms with van der Waals surface area (Å²) in [5, 5.41) is 20.8. The maximum Gasteiger partial charge on any atom is 0.319 e. The Kier molecular flexibility index (Phi) is 5.67. The quantitative estimate of drug-likeness (QED) is 0.250. The molecule has 0 unspecified atom stereocenters. The predicted octanol–water partition coefficient (Wildman–Crippen LogP) is 2.15. The van der Waals surface area contributed by atoms with E-state index in [1.54, 1.807) is 6.92 Å². The second-order valence-electron chi connectivity index (χ2n) is 6.42. The molecule has 3 rings (SSSR count). The standard InChI is InChI=1S/C20H18N2O8/c1-3-30-20(26)16-17(11-4-9-14(23)15(10-11)29-2)21(19(25)18(16)24)12-5-7-13(8-6-12)22(27)28/h4-10,16-17,23H,3H2,1-2H3/t16-,17+/m0/s1. The van der Waals surface area contributed by atoms with E-state index in [1.165, 1.54) is 49.6 Å². The van der Waals surface area contributed by atoms with E-state index in [0.29, 0.717) is 5.56 Å². The third-order valence-corrected chi connectivity index (χ3v) is 4.73. The molecular weight excluding hydrogens is 396 g/mol. The Balaban J connectivity index is 2.15. The van der Waals surface area contributed by atoms with Gasteiger partial charge in [-0.15, -0.1) is 0 Å². The van der Waals surface area contributed by atoms with Gasteiger partial charge in [-0.1, -0.05) is 6.07 Å². The summed E-state index contributed by atoms with van der Waals surface area (Å²) in [6, 6.07) is 8.13. The first kappa shape index (κ1) is 20.8. The van der Waals surface area contributed by atoms with Gasteiger partial charge in [0.05, 0.1) is 24.7 Å². The first-order valence-corrected chi connectivity index (χ1v) is 8.95. The number of aromatic hydroxyl groups is 1. The summed E-state index contributed by atoms with van der Waals surface area (Å²) in [5.41, 5.74) is 0.351. The molecule has 10 nitrogen and oxygen atoms in total. The second-order valence-corrected chi connectivity index (χ2v) is 6.42. The molecule has 1 amide bonds. The Bertz CT molecular complexity index is 1020. The van der Waals surface area contributed by atoms with Crippen LogP contribution in [-0.4, -0.2) is 41.4 Å². The molecule has 0 saturated carbocycles. The molecule has 0 aliphatic carbocycles. The van der Waals surface area contributed by atoms with E-state index in [-0.39, 0.29) is 29.5 Å². The molecule has 0 radical (unpaired) electrons. The Morgan fingerprint density at radius 1 is 1.20 bits per heavy atom. The van der Waals surface area contributed by atoms with Crippen LogP contribution in [0.25, 0.3) is 0 Å². The molecule has 0 bridgehead atoms. The van der Waals surface area contributed by atoms with Crippen molar-refractivity contribution in [2.24, 2.45) is 5.92 Å². The van der Waals surface area contributed by atoms with Crippen LogP contribution in [0.15, 0.2) is 42.5 Å². The number of hydrogen-bond donors (Lipinski definition) is 1. The molecule has 2 aromatic carbocycles. The zero-order valence-corrected chi connectivity index (χ0v) is 16.1. The molecule has 1 aliphatic rings. The van der Waals surface area contributed by atoms with Crippen LogP contribution in [0.3, 0.4) is 0 Å². The van der Waals surface area contributed by atoms with Gasteiger partial charge in [-0.25, -0.2) is 0 Å². The number of nitro benzene ring substituents is 1. The number of ketones is 1. The number of nitro groups is 1. The number of carbonyl (C=O) groups excluding carboxylic acids is 3. The fourth-order valence-electron chi connectivity index (χ4n) is 3.37. The first-order valence-electron chi connectivity index (χ1n) is 8.95. The van der Waals surface area contributed by atoms with Crippen molar-refractivity contribution in [1.29, 1.82) is 0 Å². The summed E-state index contributed by atoms with van der Waals surface area (Å²) < 4.78 is 10.1. The van der Waals surface area contributed by atoms with Gasteiger partial charge in [0.25, 0.3) is 11.6 Å². The first-order chi connectivity index (χ1) is 14.3. The molecule has 1 saturated heterocycles. The largest absolute Gasteiger partial charge is 0.504 e. The Morgan fingerprint density at radius 2 is 1.87 bits per heavy atom. The van der Waals surface area contributed by atoms with Crippen molar-refractivity contribution >= 4 is 29.0 Å². The highest BCUT2D eigenvalue weighted by Gasteiger charge is 2.53. The highest BCUT2D eigenvalue weighted by Crippen LogP contribution is 2.42. The molecule has 0 aromatic heterocycles. The molecule has 30 heavy (non-hydrogen) atoms. The number of phenols is 1. The number of Topliss-reactive ketones (excluding diaryl/α,β-unsaturated/α-hetero) is 1. The summed E-state index contributed by atoms with van der Waals surface area (Å²) in [6.45, 7) is 1.59. The van der Waals surface area contributed by atoms with E-state index in [2.05, 4.69) is 0 Å². The maximum absolute atomic E-state index is 12.8. The zero-order valence-electron chi connectivity index (χ0n) is 16.1. The van der Waals surface area contributed by atoms with Crippen LogP contribution in [0, 0.1) is 16.0 Å². The van der Waals surface area contributed by atoms with Gasteiger partial charge in [-0.2, -0.15) is 0 Å². The molecule has 2 aromatic rings. The third-order valence-electron chi connectivity index (χ3n) is 4.73. The number of esters is 1. The van der Waals surface area contributed by atoms with Crippen molar-refractivity contribution in [3.8, 4) is 11.5 Å². The summed E-state index contributed by atoms with van der Waals surface area (Å²) in [4.78, 5) is 49.5. The highest BCUT2D eigenvalue weighted by molar-refractivity contribution is 6.47. The van der Waals surface area contributed by atoms with Gasteiger partial charge >= 0.3 is 5.97 Å². The van der Waals surface area contributed by atoms with E-state index in [0.717, 1.165) is 4.90 Å². The van der Waals surface area contributed by atoms with Gasteiger partial charge in [0, 0.05) is 17.8 Å². The van der Waals surface area contributed by atoms with Crippen molar-refractivity contribution in [1.82, 2.24) is 0 Å². The number of amides is 1. The summed E-state index contributed by atoms with van der Waals surface area (Å²) >= 11 is 0. The van der Waals surface area contributed by atoms with Crippen molar-refractivity contribution in [3.05, 3.63) is 58.1 Å². The topological polar surface area (TPSA) is 136 Å². The van der Waals surface area contributed by atoms with Gasteiger partial charge < -0.3 is 14.6 Å². The molecule has 2 atom stereocenters. The lowest BCUT2D eigenvalue weighted by Gasteiger charge is -2.27. The third kappa shape index (κ3) is 3.54. The number of benzene rings is 2. The van der Waals surface area contributed by atoms with E-state index in [1.807, 2.05) is 0 Å². The molecule has 0 spiro atoms.